The van der Waals surface area contributed by atoms with Gasteiger partial charge >= 0.3 is 13.4 Å². The largest absolute Gasteiger partial charge is 1.00 e. The highest BCUT2D eigenvalue weighted by Gasteiger charge is 2.13. The Hall–Kier alpha value is -2.64. The summed E-state index contributed by atoms with van der Waals surface area (Å²) in [5, 5.41) is 31.9. The van der Waals surface area contributed by atoms with Gasteiger partial charge in [0.05, 0.1) is 16.2 Å². The van der Waals surface area contributed by atoms with Gasteiger partial charge in [-0.1, -0.05) is 12.1 Å². The molecule has 0 heterocycles. The molecule has 0 aliphatic heterocycles. The summed E-state index contributed by atoms with van der Waals surface area (Å²) in [6.07, 6.45) is 0. The van der Waals surface area contributed by atoms with Gasteiger partial charge < -0.3 is 25.5 Å². The van der Waals surface area contributed by atoms with Crippen molar-refractivity contribution in [1.29, 1.82) is 0 Å². The first-order valence-corrected chi connectivity index (χ1v) is 3.73. The van der Waals surface area contributed by atoms with Gasteiger partial charge in [-0.05, 0) is 12.1 Å². The van der Waals surface area contributed by atoms with Gasteiger partial charge in [-0.15, -0.1) is 0 Å². The molecule has 1 rings (SSSR count). The SMILES string of the molecule is O=C(O)c1ccccc1C(=O)O.O=[N+]([O-])[O-].[H+]. The minimum atomic E-state index is -1.75. The molecule has 86 valence electrons. The molecule has 0 unspecified atom stereocenters. The van der Waals surface area contributed by atoms with E-state index in [9.17, 15) is 9.59 Å². The molecule has 0 bridgehead atoms. The van der Waals surface area contributed by atoms with E-state index in [0.29, 0.717) is 0 Å². The molecule has 0 fully saturated rings. The number of hydrogen-bond donors (Lipinski definition) is 2. The molecule has 8 heteroatoms. The van der Waals surface area contributed by atoms with Crippen molar-refractivity contribution in [2.75, 3.05) is 0 Å². The van der Waals surface area contributed by atoms with E-state index in [4.69, 9.17) is 25.5 Å². The van der Waals surface area contributed by atoms with Crippen LogP contribution >= 0.6 is 0 Å². The average Bonchev–Trinajstić information content (AvgIpc) is 2.16. The molecule has 2 N–H and O–H groups in total. The van der Waals surface area contributed by atoms with Crippen molar-refractivity contribution in [3.63, 3.8) is 0 Å². The quantitative estimate of drug-likeness (QED) is 0.567. The molecule has 1 aromatic carbocycles. The first-order chi connectivity index (χ1) is 7.36. The molecule has 1 aromatic rings. The average molecular weight is 229 g/mol. The number of rotatable bonds is 2. The van der Waals surface area contributed by atoms with Crippen molar-refractivity contribution in [3.05, 3.63) is 50.7 Å². The molecule has 0 aliphatic carbocycles. The maximum Gasteiger partial charge on any atom is 1.00 e. The number of carboxylic acid groups (broad SMARTS) is 2. The zero-order valence-corrected chi connectivity index (χ0v) is 7.69. The lowest BCUT2D eigenvalue weighted by molar-refractivity contribution is -0.402. The fourth-order valence-electron chi connectivity index (χ4n) is 0.856. The highest BCUT2D eigenvalue weighted by atomic mass is 16.9. The summed E-state index contributed by atoms with van der Waals surface area (Å²) in [6.45, 7) is 0. The first-order valence-electron chi connectivity index (χ1n) is 3.73. The van der Waals surface area contributed by atoms with Crippen molar-refractivity contribution in [3.8, 4) is 0 Å². The lowest BCUT2D eigenvalue weighted by Gasteiger charge is -1.98. The van der Waals surface area contributed by atoms with Crippen molar-refractivity contribution >= 4 is 11.9 Å². The van der Waals surface area contributed by atoms with Crippen LogP contribution in [0.4, 0.5) is 0 Å². The van der Waals surface area contributed by atoms with Crippen LogP contribution in [-0.2, 0) is 0 Å². The van der Waals surface area contributed by atoms with E-state index in [1.807, 2.05) is 0 Å². The smallest absolute Gasteiger partial charge is 0.478 e. The van der Waals surface area contributed by atoms with E-state index in [-0.39, 0.29) is 12.6 Å². The summed E-state index contributed by atoms with van der Waals surface area (Å²) in [5.41, 5.74) is -0.380. The van der Waals surface area contributed by atoms with Gasteiger partial charge in [-0.25, -0.2) is 9.59 Å². The Labute approximate surface area is 90.0 Å². The standard InChI is InChI=1S/C8H6O4.NO3/c9-7(10)5-3-1-2-4-6(5)8(11)12;2-1(3)4/h1-4H,(H,9,10)(H,11,12);/q;-1/p+1. The van der Waals surface area contributed by atoms with Crippen LogP contribution in [0.3, 0.4) is 0 Å². The van der Waals surface area contributed by atoms with Crippen LogP contribution in [0.5, 0.6) is 0 Å². The van der Waals surface area contributed by atoms with Gasteiger partial charge in [-0.2, -0.15) is 0 Å². The zero-order chi connectivity index (χ0) is 12.7. The Balaban J connectivity index is 0. The zero-order valence-electron chi connectivity index (χ0n) is 8.69. The highest BCUT2D eigenvalue weighted by Crippen LogP contribution is 2.07. The van der Waals surface area contributed by atoms with E-state index in [1.165, 1.54) is 24.3 Å². The van der Waals surface area contributed by atoms with Crippen molar-refractivity contribution in [2.24, 2.45) is 0 Å². The molecule has 0 saturated carbocycles. The van der Waals surface area contributed by atoms with E-state index < -0.39 is 17.0 Å². The van der Waals surface area contributed by atoms with Crippen LogP contribution in [0.1, 0.15) is 22.1 Å². The van der Waals surface area contributed by atoms with Gasteiger partial charge in [0.25, 0.3) is 0 Å². The second-order valence-electron chi connectivity index (χ2n) is 2.38. The number of aromatic carboxylic acids is 2. The molecule has 0 saturated heterocycles. The maximum absolute atomic E-state index is 10.5. The normalized spacial score (nSPS) is 8.50. The number of carbonyl (C=O) groups is 2. The van der Waals surface area contributed by atoms with E-state index in [1.54, 1.807) is 0 Å². The minimum absolute atomic E-state index is 0. The topological polar surface area (TPSA) is 141 Å². The van der Waals surface area contributed by atoms with Crippen molar-refractivity contribution in [2.45, 2.75) is 0 Å². The number of nitrogens with zero attached hydrogens (tertiary/aromatic N) is 1. The molecule has 16 heavy (non-hydrogen) atoms. The van der Waals surface area contributed by atoms with Crippen LogP contribution in [0.15, 0.2) is 24.3 Å². The molecule has 0 amide bonds. The Morgan fingerprint density at radius 2 is 1.31 bits per heavy atom. The molecule has 0 aromatic heterocycles. The predicted octanol–water partition coefficient (Wildman–Crippen LogP) is 0.956. The fraction of sp³-hybridized carbons (Fsp3) is 0. The van der Waals surface area contributed by atoms with Gasteiger partial charge in [0.1, 0.15) is 0 Å². The van der Waals surface area contributed by atoms with E-state index in [2.05, 4.69) is 0 Å². The maximum atomic E-state index is 10.5. The van der Waals surface area contributed by atoms with Gasteiger partial charge in [0.2, 0.25) is 0 Å². The summed E-state index contributed by atoms with van der Waals surface area (Å²) in [7, 11) is 0. The summed E-state index contributed by atoms with van der Waals surface area (Å²) >= 11 is 0. The highest BCUT2D eigenvalue weighted by molar-refractivity contribution is 6.01. The van der Waals surface area contributed by atoms with Crippen LogP contribution in [0, 0.1) is 15.3 Å². The first kappa shape index (κ1) is 13.4. The van der Waals surface area contributed by atoms with Gasteiger partial charge in [-0.3, -0.25) is 0 Å². The Bertz CT molecular complexity index is 383. The molecule has 0 spiro atoms. The van der Waals surface area contributed by atoms with Crippen molar-refractivity contribution in [1.82, 2.24) is 0 Å². The third-order valence-corrected chi connectivity index (χ3v) is 1.39. The summed E-state index contributed by atoms with van der Waals surface area (Å²) in [6, 6.07) is 5.48. The Morgan fingerprint density at radius 1 is 1.06 bits per heavy atom. The lowest BCUT2D eigenvalue weighted by atomic mass is 10.1. The Morgan fingerprint density at radius 3 is 1.50 bits per heavy atom. The predicted molar refractivity (Wildman–Crippen MR) is 51.8 cm³/mol. The lowest BCUT2D eigenvalue weighted by Crippen LogP contribution is -2.06. The molecule has 0 aliphatic rings. The summed E-state index contributed by atoms with van der Waals surface area (Å²) in [5.74, 6) is -2.46. The Kier molecular flexibility index (Phi) is 4.98. The summed E-state index contributed by atoms with van der Waals surface area (Å²) < 4.78 is 0. The monoisotopic (exact) mass is 229 g/mol. The van der Waals surface area contributed by atoms with Crippen LogP contribution < -0.4 is 0 Å². The molecule has 0 atom stereocenters. The van der Waals surface area contributed by atoms with E-state index >= 15 is 0 Å². The number of carboxylic acids is 2. The second kappa shape index (κ2) is 5.96. The number of benzene rings is 1. The third-order valence-electron chi connectivity index (χ3n) is 1.39. The van der Waals surface area contributed by atoms with Crippen LogP contribution in [0.25, 0.3) is 0 Å². The second-order valence-corrected chi connectivity index (χ2v) is 2.38. The van der Waals surface area contributed by atoms with Crippen molar-refractivity contribution < 1.29 is 26.3 Å². The number of hydrogen-bond acceptors (Lipinski definition) is 5. The fourth-order valence-corrected chi connectivity index (χ4v) is 0.856. The van der Waals surface area contributed by atoms with Gasteiger partial charge in [0, 0.05) is 0 Å². The molecule has 8 nitrogen and oxygen atoms in total. The third kappa shape index (κ3) is 4.56. The van der Waals surface area contributed by atoms with Gasteiger partial charge in [0.15, 0.2) is 0 Å². The minimum Gasteiger partial charge on any atom is -0.478 e. The molecular formula is C8H7NO7. The van der Waals surface area contributed by atoms with Crippen LogP contribution in [0.2, 0.25) is 0 Å². The van der Waals surface area contributed by atoms with E-state index in [0.717, 1.165) is 0 Å². The molecule has 0 radical (unpaired) electrons. The molecular weight excluding hydrogens is 222 g/mol. The summed E-state index contributed by atoms with van der Waals surface area (Å²) in [4.78, 5) is 29.2. The van der Waals surface area contributed by atoms with Crippen LogP contribution in [-0.4, -0.2) is 27.2 Å².